The summed E-state index contributed by atoms with van der Waals surface area (Å²) in [7, 11) is 0. The van der Waals surface area contributed by atoms with Crippen molar-refractivity contribution in [2.45, 2.75) is 38.6 Å². The highest BCUT2D eigenvalue weighted by Crippen LogP contribution is 2.38. The maximum atomic E-state index is 12.9. The van der Waals surface area contributed by atoms with Crippen LogP contribution in [0.25, 0.3) is 16.9 Å². The topological polar surface area (TPSA) is 131 Å². The Morgan fingerprint density at radius 3 is 2.68 bits per heavy atom. The van der Waals surface area contributed by atoms with Crippen molar-refractivity contribution in [3.8, 4) is 22.7 Å². The number of aromatic nitrogens is 3. The van der Waals surface area contributed by atoms with Gasteiger partial charge in [0.1, 0.15) is 23.6 Å². The van der Waals surface area contributed by atoms with Crippen molar-refractivity contribution in [1.29, 1.82) is 0 Å². The van der Waals surface area contributed by atoms with Gasteiger partial charge in [-0.05, 0) is 80.8 Å². The van der Waals surface area contributed by atoms with Gasteiger partial charge in [0, 0.05) is 23.0 Å². The van der Waals surface area contributed by atoms with Crippen LogP contribution >= 0.6 is 11.6 Å². The summed E-state index contributed by atoms with van der Waals surface area (Å²) in [6.45, 7) is 4.58. The van der Waals surface area contributed by atoms with E-state index in [9.17, 15) is 9.59 Å². The molecule has 0 bridgehead atoms. The number of carbonyl (C=O) groups excluding carboxylic acids is 2. The van der Waals surface area contributed by atoms with E-state index in [0.29, 0.717) is 37.5 Å². The van der Waals surface area contributed by atoms with Gasteiger partial charge < -0.3 is 25.3 Å². The van der Waals surface area contributed by atoms with E-state index >= 15 is 0 Å². The lowest BCUT2D eigenvalue weighted by atomic mass is 9.88. The molecule has 1 aliphatic heterocycles. The van der Waals surface area contributed by atoms with E-state index in [4.69, 9.17) is 31.5 Å². The number of fused-ring (bicyclic) bond motifs is 3. The summed E-state index contributed by atoms with van der Waals surface area (Å²) in [6.07, 6.45) is 2.68. The second-order valence-electron chi connectivity index (χ2n) is 10.4. The smallest absolute Gasteiger partial charge is 0.269 e. The molecule has 0 saturated carbocycles. The quantitative estimate of drug-likeness (QED) is 0.310. The van der Waals surface area contributed by atoms with Crippen molar-refractivity contribution in [2.75, 3.05) is 18.5 Å². The normalized spacial score (nSPS) is 17.0. The lowest BCUT2D eigenvalue weighted by Crippen LogP contribution is -2.25. The monoisotopic (exact) mass is 573 g/mol. The van der Waals surface area contributed by atoms with E-state index in [2.05, 4.69) is 15.4 Å². The number of nitrogens with two attached hydrogens (primary N) is 1. The SMILES string of the molecule is CC1(C)OCC(COc2ccc(-n3nc(C(N)=O)c4c3-c3cc(NC(=O)c5cccnc5Cl)ccc3CC4)cc2)O1. The van der Waals surface area contributed by atoms with E-state index in [1.165, 1.54) is 6.20 Å². The van der Waals surface area contributed by atoms with Crippen LogP contribution in [0.5, 0.6) is 5.75 Å². The zero-order valence-electron chi connectivity index (χ0n) is 22.5. The Kier molecular flexibility index (Phi) is 6.98. The van der Waals surface area contributed by atoms with Crippen molar-refractivity contribution < 1.29 is 23.8 Å². The summed E-state index contributed by atoms with van der Waals surface area (Å²) in [6, 6.07) is 16.4. The van der Waals surface area contributed by atoms with Crippen LogP contribution in [0.1, 0.15) is 45.8 Å². The molecule has 11 heteroatoms. The molecular weight excluding hydrogens is 546 g/mol. The molecule has 2 aromatic carbocycles. The predicted octanol–water partition coefficient (Wildman–Crippen LogP) is 4.57. The molecule has 3 N–H and O–H groups in total. The van der Waals surface area contributed by atoms with Gasteiger partial charge in [0.05, 0.1) is 23.6 Å². The molecule has 1 saturated heterocycles. The van der Waals surface area contributed by atoms with E-state index in [1.807, 2.05) is 56.3 Å². The first-order valence-electron chi connectivity index (χ1n) is 13.2. The van der Waals surface area contributed by atoms with Gasteiger partial charge in [-0.1, -0.05) is 17.7 Å². The third kappa shape index (κ3) is 5.41. The third-order valence-corrected chi connectivity index (χ3v) is 7.37. The number of pyridine rings is 1. The Labute approximate surface area is 241 Å². The molecule has 1 aliphatic carbocycles. The average Bonchev–Trinajstić information content (AvgIpc) is 3.52. The van der Waals surface area contributed by atoms with E-state index in [-0.39, 0.29) is 28.4 Å². The minimum atomic E-state index is -0.611. The predicted molar refractivity (Wildman–Crippen MR) is 153 cm³/mol. The number of nitrogens with zero attached hydrogens (tertiary/aromatic N) is 3. The van der Waals surface area contributed by atoms with Crippen LogP contribution in [0.3, 0.4) is 0 Å². The summed E-state index contributed by atoms with van der Waals surface area (Å²) >= 11 is 6.12. The first-order valence-corrected chi connectivity index (χ1v) is 13.6. The molecule has 1 atom stereocenters. The summed E-state index contributed by atoms with van der Waals surface area (Å²) in [5, 5.41) is 7.63. The highest BCUT2D eigenvalue weighted by molar-refractivity contribution is 6.33. The molecule has 10 nitrogen and oxygen atoms in total. The van der Waals surface area contributed by atoms with Crippen LogP contribution in [0, 0.1) is 0 Å². The number of hydrogen-bond acceptors (Lipinski definition) is 7. The Bertz CT molecular complexity index is 1650. The Morgan fingerprint density at radius 2 is 1.98 bits per heavy atom. The first kappa shape index (κ1) is 26.9. The maximum absolute atomic E-state index is 12.9. The number of aryl methyl sites for hydroxylation is 1. The van der Waals surface area contributed by atoms with Crippen LogP contribution in [-0.2, 0) is 22.3 Å². The van der Waals surface area contributed by atoms with Gasteiger partial charge in [0.2, 0.25) is 0 Å². The zero-order chi connectivity index (χ0) is 28.7. The van der Waals surface area contributed by atoms with E-state index in [0.717, 1.165) is 28.1 Å². The largest absolute Gasteiger partial charge is 0.491 e. The molecule has 3 heterocycles. The van der Waals surface area contributed by atoms with Gasteiger partial charge in [-0.25, -0.2) is 9.67 Å². The molecule has 2 aromatic heterocycles. The minimum Gasteiger partial charge on any atom is -0.491 e. The summed E-state index contributed by atoms with van der Waals surface area (Å²) < 4.78 is 19.0. The number of nitrogens with one attached hydrogen (secondary N) is 1. The number of amides is 2. The van der Waals surface area contributed by atoms with Crippen LogP contribution in [0.15, 0.2) is 60.8 Å². The molecule has 210 valence electrons. The Balaban J connectivity index is 1.30. The molecule has 4 aromatic rings. The van der Waals surface area contributed by atoms with Crippen LogP contribution in [0.4, 0.5) is 5.69 Å². The number of anilines is 1. The fourth-order valence-electron chi connectivity index (χ4n) is 5.17. The highest BCUT2D eigenvalue weighted by atomic mass is 35.5. The molecular formula is C30H28ClN5O5. The van der Waals surface area contributed by atoms with E-state index in [1.54, 1.807) is 16.8 Å². The van der Waals surface area contributed by atoms with Crippen LogP contribution in [0.2, 0.25) is 5.15 Å². The van der Waals surface area contributed by atoms with E-state index < -0.39 is 11.7 Å². The molecule has 2 aliphatic rings. The second-order valence-corrected chi connectivity index (χ2v) is 10.7. The molecule has 0 radical (unpaired) electrons. The molecule has 0 spiro atoms. The van der Waals surface area contributed by atoms with Crippen LogP contribution < -0.4 is 15.8 Å². The summed E-state index contributed by atoms with van der Waals surface area (Å²) in [5.41, 5.74) is 11.0. The molecule has 1 unspecified atom stereocenters. The van der Waals surface area contributed by atoms with Gasteiger partial charge >= 0.3 is 0 Å². The molecule has 1 fully saturated rings. The standard InChI is InChI=1S/C30H28ClN5O5/c1-30(2)40-16-21(41-30)15-39-20-10-8-19(9-11-20)36-26-22(25(35-36)28(32)37)12-6-17-5-7-18(14-24(17)26)34-29(38)23-4-3-13-33-27(23)31/h3-5,7-11,13-14,21H,6,12,15-16H2,1-2H3,(H2,32,37)(H,34,38). The van der Waals surface area contributed by atoms with Gasteiger partial charge in [0.15, 0.2) is 11.5 Å². The number of ether oxygens (including phenoxy) is 3. The van der Waals surface area contributed by atoms with Gasteiger partial charge in [-0.2, -0.15) is 5.10 Å². The molecule has 6 rings (SSSR count). The maximum Gasteiger partial charge on any atom is 0.269 e. The summed E-state index contributed by atoms with van der Waals surface area (Å²) in [4.78, 5) is 29.2. The number of carbonyl (C=O) groups is 2. The average molecular weight is 574 g/mol. The number of halogens is 1. The van der Waals surface area contributed by atoms with Crippen molar-refractivity contribution in [3.05, 3.63) is 88.3 Å². The Hall–Kier alpha value is -4.25. The Morgan fingerprint density at radius 1 is 1.17 bits per heavy atom. The highest BCUT2D eigenvalue weighted by Gasteiger charge is 2.33. The third-order valence-electron chi connectivity index (χ3n) is 7.07. The van der Waals surface area contributed by atoms with Crippen molar-refractivity contribution in [2.24, 2.45) is 5.73 Å². The first-order chi connectivity index (χ1) is 19.7. The lowest BCUT2D eigenvalue weighted by molar-refractivity contribution is -0.141. The lowest BCUT2D eigenvalue weighted by Gasteiger charge is -2.20. The fourth-order valence-corrected chi connectivity index (χ4v) is 5.38. The second kappa shape index (κ2) is 10.6. The van der Waals surface area contributed by atoms with Gasteiger partial charge in [-0.15, -0.1) is 0 Å². The van der Waals surface area contributed by atoms with Crippen LogP contribution in [-0.4, -0.2) is 51.7 Å². The zero-order valence-corrected chi connectivity index (χ0v) is 23.3. The van der Waals surface area contributed by atoms with Crippen molar-refractivity contribution in [1.82, 2.24) is 14.8 Å². The number of primary amides is 1. The van der Waals surface area contributed by atoms with Crippen molar-refractivity contribution in [3.63, 3.8) is 0 Å². The number of rotatable bonds is 7. The van der Waals surface area contributed by atoms with Crippen molar-refractivity contribution >= 4 is 29.1 Å². The number of benzene rings is 2. The van der Waals surface area contributed by atoms with Gasteiger partial charge in [0.25, 0.3) is 11.8 Å². The molecule has 2 amide bonds. The number of hydrogen-bond donors (Lipinski definition) is 2. The van der Waals surface area contributed by atoms with Gasteiger partial charge in [-0.3, -0.25) is 9.59 Å². The molecule has 41 heavy (non-hydrogen) atoms. The summed E-state index contributed by atoms with van der Waals surface area (Å²) in [5.74, 6) is -0.919. The fraction of sp³-hybridized carbons (Fsp3) is 0.267. The minimum absolute atomic E-state index is 0.120.